The molecule has 0 N–H and O–H groups in total. The molecule has 0 bridgehead atoms. The van der Waals surface area contributed by atoms with E-state index in [4.69, 9.17) is 9.97 Å². The van der Waals surface area contributed by atoms with Crippen LogP contribution in [0.5, 0.6) is 0 Å². The van der Waals surface area contributed by atoms with Crippen LogP contribution in [0.4, 0.5) is 17.2 Å². The molecule has 0 atom stereocenters. The van der Waals surface area contributed by atoms with Crippen LogP contribution in [0.2, 0.25) is 0 Å². The molecular weight excluding hydrogens is 581 g/mol. The van der Waals surface area contributed by atoms with Crippen molar-refractivity contribution >= 4 is 51.1 Å². The molecule has 0 fully saturated rings. The zero-order valence-corrected chi connectivity index (χ0v) is 28.6. The SMILES string of the molecule is Cc1cc(C)c(B(c2ccc(N(c3cnc(-c4ccccc4)cn3)c3cccc4ccccc34)cc2)c2c(C)cc(C)cc2C)c(C)c1. The molecule has 0 spiro atoms. The van der Waals surface area contributed by atoms with Crippen molar-refractivity contribution in [2.24, 2.45) is 0 Å². The summed E-state index contributed by atoms with van der Waals surface area (Å²) in [5.41, 5.74) is 15.9. The predicted molar refractivity (Wildman–Crippen MR) is 206 cm³/mol. The summed E-state index contributed by atoms with van der Waals surface area (Å²) in [6.07, 6.45) is 3.76. The third-order valence-corrected chi connectivity index (χ3v) is 9.48. The average Bonchev–Trinajstić information content (AvgIpc) is 3.08. The van der Waals surface area contributed by atoms with Crippen molar-refractivity contribution < 1.29 is 0 Å². The molecule has 6 aromatic carbocycles. The van der Waals surface area contributed by atoms with Crippen molar-refractivity contribution in [1.82, 2.24) is 9.97 Å². The number of rotatable bonds is 7. The molecule has 7 rings (SSSR count). The molecule has 0 aliphatic heterocycles. The fourth-order valence-corrected chi connectivity index (χ4v) is 7.58. The molecule has 1 heterocycles. The van der Waals surface area contributed by atoms with Crippen LogP contribution >= 0.6 is 0 Å². The second-order valence-corrected chi connectivity index (χ2v) is 13.1. The lowest BCUT2D eigenvalue weighted by Crippen LogP contribution is -2.55. The van der Waals surface area contributed by atoms with E-state index < -0.39 is 0 Å². The van der Waals surface area contributed by atoms with E-state index in [-0.39, 0.29) is 6.71 Å². The Hall–Kier alpha value is -5.48. The van der Waals surface area contributed by atoms with Crippen molar-refractivity contribution in [2.75, 3.05) is 4.90 Å². The first-order valence-corrected chi connectivity index (χ1v) is 16.7. The van der Waals surface area contributed by atoms with Gasteiger partial charge in [-0.2, -0.15) is 0 Å². The molecule has 0 aliphatic carbocycles. The molecule has 0 amide bonds. The van der Waals surface area contributed by atoms with Gasteiger partial charge in [0.2, 0.25) is 6.71 Å². The molecule has 0 radical (unpaired) electrons. The Kier molecular flexibility index (Phi) is 8.41. The molecule has 0 saturated heterocycles. The lowest BCUT2D eigenvalue weighted by Gasteiger charge is -2.27. The van der Waals surface area contributed by atoms with E-state index >= 15 is 0 Å². The molecule has 4 heteroatoms. The molecule has 3 nitrogen and oxygen atoms in total. The van der Waals surface area contributed by atoms with E-state index in [1.54, 1.807) is 0 Å². The van der Waals surface area contributed by atoms with Gasteiger partial charge in [0, 0.05) is 16.6 Å². The first kappa shape index (κ1) is 31.1. The van der Waals surface area contributed by atoms with E-state index in [1.807, 2.05) is 30.6 Å². The Morgan fingerprint density at radius 1 is 0.521 bits per heavy atom. The van der Waals surface area contributed by atoms with Crippen LogP contribution in [0.1, 0.15) is 33.4 Å². The molecule has 0 unspecified atom stereocenters. The van der Waals surface area contributed by atoms with E-state index in [9.17, 15) is 0 Å². The normalized spacial score (nSPS) is 11.1. The Morgan fingerprint density at radius 3 is 1.67 bits per heavy atom. The van der Waals surface area contributed by atoms with Gasteiger partial charge in [-0.3, -0.25) is 9.88 Å². The zero-order valence-electron chi connectivity index (χ0n) is 28.6. The van der Waals surface area contributed by atoms with Gasteiger partial charge in [0.1, 0.15) is 0 Å². The Labute approximate surface area is 285 Å². The average molecular weight is 622 g/mol. The van der Waals surface area contributed by atoms with Gasteiger partial charge in [-0.1, -0.05) is 153 Å². The van der Waals surface area contributed by atoms with Gasteiger partial charge >= 0.3 is 0 Å². The molecule has 1 aromatic heterocycles. The van der Waals surface area contributed by atoms with Gasteiger partial charge < -0.3 is 0 Å². The van der Waals surface area contributed by atoms with E-state index in [1.165, 1.54) is 55.2 Å². The minimum absolute atomic E-state index is 0.108. The monoisotopic (exact) mass is 621 g/mol. The first-order chi connectivity index (χ1) is 23.3. The van der Waals surface area contributed by atoms with E-state index in [0.717, 1.165) is 33.8 Å². The highest BCUT2D eigenvalue weighted by Gasteiger charge is 2.29. The summed E-state index contributed by atoms with van der Waals surface area (Å²) >= 11 is 0. The number of hydrogen-bond acceptors (Lipinski definition) is 3. The molecule has 7 aromatic rings. The Morgan fingerprint density at radius 2 is 1.08 bits per heavy atom. The highest BCUT2D eigenvalue weighted by Crippen LogP contribution is 2.37. The van der Waals surface area contributed by atoms with Crippen molar-refractivity contribution in [3.8, 4) is 11.3 Å². The fraction of sp³-hybridized carbons (Fsp3) is 0.136. The Balaban J connectivity index is 1.39. The predicted octanol–water partition coefficient (Wildman–Crippen LogP) is 9.13. The smallest absolute Gasteiger partial charge is 0.242 e. The summed E-state index contributed by atoms with van der Waals surface area (Å²) in [7, 11) is 0. The third-order valence-electron chi connectivity index (χ3n) is 9.48. The topological polar surface area (TPSA) is 29.0 Å². The molecule has 0 aliphatic rings. The maximum absolute atomic E-state index is 4.99. The third kappa shape index (κ3) is 5.91. The Bertz CT molecular complexity index is 2130. The quantitative estimate of drug-likeness (QED) is 0.166. The maximum atomic E-state index is 4.99. The molecular formula is C44H40BN3. The standard InChI is InChI=1S/C44H40BN3/c1-29-23-31(3)43(32(4)24-29)45(44-33(5)25-30(2)26-34(44)6)37-19-21-38(22-20-37)48(41-18-12-16-35-13-10-11-17-39(35)41)42-28-46-40(27-47-42)36-14-8-7-9-15-36/h7-28H,1-6H3. The van der Waals surface area contributed by atoms with Crippen LogP contribution in [-0.2, 0) is 0 Å². The largest absolute Gasteiger partial charge is 0.293 e. The minimum Gasteiger partial charge on any atom is -0.293 e. The minimum atomic E-state index is 0.108. The number of aryl methyl sites for hydroxylation is 6. The van der Waals surface area contributed by atoms with Gasteiger partial charge in [-0.25, -0.2) is 4.98 Å². The maximum Gasteiger partial charge on any atom is 0.242 e. The first-order valence-electron chi connectivity index (χ1n) is 16.7. The second kappa shape index (κ2) is 13.0. The van der Waals surface area contributed by atoms with Gasteiger partial charge in [-0.15, -0.1) is 0 Å². The van der Waals surface area contributed by atoms with Crippen molar-refractivity contribution in [2.45, 2.75) is 41.5 Å². The van der Waals surface area contributed by atoms with Gasteiger partial charge in [0.25, 0.3) is 0 Å². The van der Waals surface area contributed by atoms with Crippen molar-refractivity contribution in [3.05, 3.63) is 167 Å². The number of nitrogens with zero attached hydrogens (tertiary/aromatic N) is 3. The summed E-state index contributed by atoms with van der Waals surface area (Å²) in [6, 6.07) is 43.6. The lowest BCUT2D eigenvalue weighted by molar-refractivity contribution is 1.13. The van der Waals surface area contributed by atoms with Crippen molar-refractivity contribution in [1.29, 1.82) is 0 Å². The second-order valence-electron chi connectivity index (χ2n) is 13.1. The lowest BCUT2D eigenvalue weighted by atomic mass is 9.34. The number of hydrogen-bond donors (Lipinski definition) is 0. The number of aromatic nitrogens is 2. The van der Waals surface area contributed by atoms with E-state index in [2.05, 4.69) is 150 Å². The van der Waals surface area contributed by atoms with Crippen LogP contribution in [0.3, 0.4) is 0 Å². The summed E-state index contributed by atoms with van der Waals surface area (Å²) < 4.78 is 0. The fourth-order valence-electron chi connectivity index (χ4n) is 7.58. The van der Waals surface area contributed by atoms with Gasteiger partial charge in [0.05, 0.1) is 23.8 Å². The summed E-state index contributed by atoms with van der Waals surface area (Å²) in [4.78, 5) is 12.1. The van der Waals surface area contributed by atoms with Gasteiger partial charge in [0.15, 0.2) is 5.82 Å². The van der Waals surface area contributed by atoms with Crippen molar-refractivity contribution in [3.63, 3.8) is 0 Å². The zero-order chi connectivity index (χ0) is 33.4. The molecule has 48 heavy (non-hydrogen) atoms. The highest BCUT2D eigenvalue weighted by atomic mass is 15.2. The number of fused-ring (bicyclic) bond motifs is 1. The van der Waals surface area contributed by atoms with Crippen LogP contribution in [0, 0.1) is 41.5 Å². The summed E-state index contributed by atoms with van der Waals surface area (Å²) in [6.45, 7) is 13.5. The number of anilines is 3. The molecule has 0 saturated carbocycles. The summed E-state index contributed by atoms with van der Waals surface area (Å²) in [5.74, 6) is 0.769. The summed E-state index contributed by atoms with van der Waals surface area (Å²) in [5, 5.41) is 2.34. The van der Waals surface area contributed by atoms with Crippen LogP contribution in [0.15, 0.2) is 134 Å². The van der Waals surface area contributed by atoms with Crippen LogP contribution in [-0.4, -0.2) is 16.7 Å². The number of benzene rings is 6. The highest BCUT2D eigenvalue weighted by molar-refractivity contribution is 6.96. The van der Waals surface area contributed by atoms with E-state index in [0.29, 0.717) is 0 Å². The van der Waals surface area contributed by atoms with Gasteiger partial charge in [-0.05, 0) is 65.1 Å². The van der Waals surface area contributed by atoms with Crippen LogP contribution in [0.25, 0.3) is 22.0 Å². The van der Waals surface area contributed by atoms with Crippen LogP contribution < -0.4 is 21.3 Å². The molecule has 234 valence electrons.